The third-order valence-corrected chi connectivity index (χ3v) is 2.03. The molecule has 0 fully saturated rings. The molecule has 0 aromatic heterocycles. The molecule has 11 heavy (non-hydrogen) atoms. The quantitative estimate of drug-likeness (QED) is 0.660. The molecule has 0 atom stereocenters. The standard InChI is InChI=1S/C9H13BrO/c10-6-2-1-4-9-5-3-7-11-8-9/h1,4,8H,2-3,5-7H2/b4-1+. The molecule has 0 bridgehead atoms. The molecule has 0 aliphatic carbocycles. The van der Waals surface area contributed by atoms with Crippen molar-refractivity contribution in [2.45, 2.75) is 19.3 Å². The van der Waals surface area contributed by atoms with E-state index in [1.165, 1.54) is 12.0 Å². The van der Waals surface area contributed by atoms with E-state index in [1.54, 1.807) is 0 Å². The van der Waals surface area contributed by atoms with Crippen molar-refractivity contribution in [3.63, 3.8) is 0 Å². The predicted octanol–water partition coefficient (Wildman–Crippen LogP) is 3.02. The molecule has 0 radical (unpaired) electrons. The summed E-state index contributed by atoms with van der Waals surface area (Å²) in [5, 5.41) is 1.04. The first-order valence-corrected chi connectivity index (χ1v) is 5.09. The molecular weight excluding hydrogens is 204 g/mol. The van der Waals surface area contributed by atoms with E-state index < -0.39 is 0 Å². The first-order valence-electron chi connectivity index (χ1n) is 3.96. The zero-order chi connectivity index (χ0) is 7.94. The van der Waals surface area contributed by atoms with Gasteiger partial charge in [-0.25, -0.2) is 0 Å². The highest BCUT2D eigenvalue weighted by Gasteiger charge is 1.99. The molecule has 0 amide bonds. The number of halogens is 1. The molecule has 62 valence electrons. The van der Waals surface area contributed by atoms with E-state index in [1.807, 2.05) is 6.26 Å². The topological polar surface area (TPSA) is 9.23 Å². The first kappa shape index (κ1) is 8.85. The maximum atomic E-state index is 5.19. The van der Waals surface area contributed by atoms with Crippen LogP contribution in [-0.2, 0) is 4.74 Å². The van der Waals surface area contributed by atoms with Crippen LogP contribution in [0.1, 0.15) is 19.3 Å². The minimum absolute atomic E-state index is 0.885. The molecule has 1 aliphatic heterocycles. The summed E-state index contributed by atoms with van der Waals surface area (Å²) in [6, 6.07) is 0. The number of ether oxygens (including phenoxy) is 1. The van der Waals surface area contributed by atoms with Crippen LogP contribution in [0.25, 0.3) is 0 Å². The normalized spacial score (nSPS) is 18.1. The van der Waals surface area contributed by atoms with Crippen LogP contribution in [0.15, 0.2) is 24.0 Å². The Morgan fingerprint density at radius 1 is 1.64 bits per heavy atom. The van der Waals surface area contributed by atoms with Crippen LogP contribution in [0.2, 0.25) is 0 Å². The first-order chi connectivity index (χ1) is 5.43. The smallest absolute Gasteiger partial charge is 0.0876 e. The van der Waals surface area contributed by atoms with Gasteiger partial charge in [0.05, 0.1) is 12.9 Å². The minimum atomic E-state index is 0.885. The van der Waals surface area contributed by atoms with Gasteiger partial charge in [-0.05, 0) is 24.8 Å². The molecule has 0 saturated carbocycles. The second-order valence-corrected chi connectivity index (χ2v) is 3.34. The van der Waals surface area contributed by atoms with Gasteiger partial charge in [0, 0.05) is 5.33 Å². The fourth-order valence-electron chi connectivity index (χ4n) is 1.00. The second kappa shape index (κ2) is 5.42. The van der Waals surface area contributed by atoms with Gasteiger partial charge in [0.25, 0.3) is 0 Å². The lowest BCUT2D eigenvalue weighted by Crippen LogP contribution is -1.96. The van der Waals surface area contributed by atoms with Crippen LogP contribution in [0.5, 0.6) is 0 Å². The predicted molar refractivity (Wildman–Crippen MR) is 50.8 cm³/mol. The Balaban J connectivity index is 2.29. The van der Waals surface area contributed by atoms with Crippen molar-refractivity contribution < 1.29 is 4.74 Å². The Labute approximate surface area is 76.3 Å². The molecule has 0 spiro atoms. The summed E-state index contributed by atoms with van der Waals surface area (Å²) in [4.78, 5) is 0. The second-order valence-electron chi connectivity index (χ2n) is 2.55. The molecule has 2 heteroatoms. The van der Waals surface area contributed by atoms with Gasteiger partial charge in [0.2, 0.25) is 0 Å². The largest absolute Gasteiger partial charge is 0.501 e. The van der Waals surface area contributed by atoms with Gasteiger partial charge in [-0.15, -0.1) is 0 Å². The third-order valence-electron chi connectivity index (χ3n) is 1.57. The molecule has 0 aromatic rings. The van der Waals surface area contributed by atoms with Crippen LogP contribution in [0, 0.1) is 0 Å². The Morgan fingerprint density at radius 3 is 3.18 bits per heavy atom. The minimum Gasteiger partial charge on any atom is -0.501 e. The lowest BCUT2D eigenvalue weighted by atomic mass is 10.1. The van der Waals surface area contributed by atoms with Gasteiger partial charge in [0.1, 0.15) is 0 Å². The van der Waals surface area contributed by atoms with E-state index >= 15 is 0 Å². The molecular formula is C9H13BrO. The number of hydrogen-bond donors (Lipinski definition) is 0. The number of hydrogen-bond acceptors (Lipinski definition) is 1. The lowest BCUT2D eigenvalue weighted by Gasteiger charge is -2.09. The van der Waals surface area contributed by atoms with E-state index in [9.17, 15) is 0 Å². The van der Waals surface area contributed by atoms with E-state index in [-0.39, 0.29) is 0 Å². The van der Waals surface area contributed by atoms with E-state index in [0.717, 1.165) is 24.8 Å². The number of allylic oxidation sites excluding steroid dienone is 3. The number of rotatable bonds is 3. The van der Waals surface area contributed by atoms with Gasteiger partial charge >= 0.3 is 0 Å². The zero-order valence-electron chi connectivity index (χ0n) is 6.55. The van der Waals surface area contributed by atoms with Crippen LogP contribution in [0.3, 0.4) is 0 Å². The lowest BCUT2D eigenvalue weighted by molar-refractivity contribution is 0.227. The van der Waals surface area contributed by atoms with Crippen LogP contribution in [-0.4, -0.2) is 11.9 Å². The Morgan fingerprint density at radius 2 is 2.55 bits per heavy atom. The Kier molecular flexibility index (Phi) is 4.36. The van der Waals surface area contributed by atoms with E-state index in [4.69, 9.17) is 4.74 Å². The maximum Gasteiger partial charge on any atom is 0.0876 e. The molecule has 0 saturated heterocycles. The fraction of sp³-hybridized carbons (Fsp3) is 0.556. The summed E-state index contributed by atoms with van der Waals surface area (Å²) in [5.41, 5.74) is 1.32. The van der Waals surface area contributed by atoms with Crippen LogP contribution in [0.4, 0.5) is 0 Å². The molecule has 1 aliphatic rings. The summed E-state index contributed by atoms with van der Waals surface area (Å²) >= 11 is 3.37. The Hall–Kier alpha value is -0.240. The van der Waals surface area contributed by atoms with Crippen LogP contribution >= 0.6 is 15.9 Å². The Bertz CT molecular complexity index is 161. The zero-order valence-corrected chi connectivity index (χ0v) is 8.14. The van der Waals surface area contributed by atoms with Gasteiger partial charge in [-0.3, -0.25) is 0 Å². The maximum absolute atomic E-state index is 5.19. The van der Waals surface area contributed by atoms with Crippen molar-refractivity contribution in [2.24, 2.45) is 0 Å². The van der Waals surface area contributed by atoms with Crippen molar-refractivity contribution >= 4 is 15.9 Å². The average Bonchev–Trinajstić information content (AvgIpc) is 2.07. The summed E-state index contributed by atoms with van der Waals surface area (Å²) in [6.07, 6.45) is 9.62. The molecule has 0 unspecified atom stereocenters. The SMILES string of the molecule is BrCC/C=C/C1=COCCC1. The molecule has 0 aromatic carbocycles. The van der Waals surface area contributed by atoms with Gasteiger partial charge in [-0.1, -0.05) is 28.1 Å². The van der Waals surface area contributed by atoms with Crippen molar-refractivity contribution in [1.82, 2.24) is 0 Å². The van der Waals surface area contributed by atoms with Crippen molar-refractivity contribution in [3.8, 4) is 0 Å². The fourth-order valence-corrected chi connectivity index (χ4v) is 1.27. The van der Waals surface area contributed by atoms with E-state index in [2.05, 4.69) is 28.1 Å². The molecule has 1 heterocycles. The summed E-state index contributed by atoms with van der Waals surface area (Å²) in [6.45, 7) is 0.885. The van der Waals surface area contributed by atoms with E-state index in [0.29, 0.717) is 0 Å². The highest BCUT2D eigenvalue weighted by molar-refractivity contribution is 9.09. The van der Waals surface area contributed by atoms with Gasteiger partial charge in [0.15, 0.2) is 0 Å². The summed E-state index contributed by atoms with van der Waals surface area (Å²) < 4.78 is 5.19. The van der Waals surface area contributed by atoms with Crippen molar-refractivity contribution in [2.75, 3.05) is 11.9 Å². The summed E-state index contributed by atoms with van der Waals surface area (Å²) in [7, 11) is 0. The number of alkyl halides is 1. The monoisotopic (exact) mass is 216 g/mol. The van der Waals surface area contributed by atoms with Gasteiger partial charge in [-0.2, -0.15) is 0 Å². The van der Waals surface area contributed by atoms with Crippen molar-refractivity contribution in [1.29, 1.82) is 0 Å². The third kappa shape index (κ3) is 3.61. The highest BCUT2D eigenvalue weighted by Crippen LogP contribution is 2.12. The van der Waals surface area contributed by atoms with Crippen molar-refractivity contribution in [3.05, 3.63) is 24.0 Å². The molecule has 1 nitrogen and oxygen atoms in total. The van der Waals surface area contributed by atoms with Crippen LogP contribution < -0.4 is 0 Å². The summed E-state index contributed by atoms with van der Waals surface area (Å²) in [5.74, 6) is 0. The molecule has 0 N–H and O–H groups in total. The average molecular weight is 217 g/mol. The van der Waals surface area contributed by atoms with Gasteiger partial charge < -0.3 is 4.74 Å². The highest BCUT2D eigenvalue weighted by atomic mass is 79.9. The molecule has 1 rings (SSSR count).